The highest BCUT2D eigenvalue weighted by Gasteiger charge is 2.18. The first-order valence-electron chi connectivity index (χ1n) is 3.92. The SMILES string of the molecule is CCC(=O)C(O)c1ccc(C)o1. The van der Waals surface area contributed by atoms with E-state index in [1.165, 1.54) is 0 Å². The van der Waals surface area contributed by atoms with Crippen molar-refractivity contribution in [3.8, 4) is 0 Å². The first kappa shape index (κ1) is 9.00. The molecule has 0 spiro atoms. The minimum atomic E-state index is -1.09. The molecule has 0 amide bonds. The van der Waals surface area contributed by atoms with Crippen LogP contribution in [0.5, 0.6) is 0 Å². The van der Waals surface area contributed by atoms with E-state index in [1.54, 1.807) is 26.0 Å². The Hall–Kier alpha value is -1.09. The largest absolute Gasteiger partial charge is 0.463 e. The Kier molecular flexibility index (Phi) is 2.65. The monoisotopic (exact) mass is 168 g/mol. The highest BCUT2D eigenvalue weighted by Crippen LogP contribution is 2.17. The number of hydrogen-bond donors (Lipinski definition) is 1. The van der Waals surface area contributed by atoms with Crippen molar-refractivity contribution in [1.29, 1.82) is 0 Å². The van der Waals surface area contributed by atoms with Crippen LogP contribution < -0.4 is 0 Å². The third-order valence-electron chi connectivity index (χ3n) is 1.68. The zero-order valence-electron chi connectivity index (χ0n) is 7.20. The van der Waals surface area contributed by atoms with Gasteiger partial charge in [0.25, 0.3) is 0 Å². The Labute approximate surface area is 71.0 Å². The van der Waals surface area contributed by atoms with Crippen molar-refractivity contribution < 1.29 is 14.3 Å². The van der Waals surface area contributed by atoms with E-state index in [2.05, 4.69) is 0 Å². The molecule has 0 saturated carbocycles. The topological polar surface area (TPSA) is 50.4 Å². The number of rotatable bonds is 3. The van der Waals surface area contributed by atoms with Crippen molar-refractivity contribution >= 4 is 5.78 Å². The van der Waals surface area contributed by atoms with E-state index in [0.29, 0.717) is 17.9 Å². The Morgan fingerprint density at radius 1 is 1.67 bits per heavy atom. The maximum atomic E-state index is 11.0. The molecule has 0 aromatic carbocycles. The van der Waals surface area contributed by atoms with Crippen LogP contribution in [0.3, 0.4) is 0 Å². The molecular formula is C9H12O3. The van der Waals surface area contributed by atoms with Crippen molar-refractivity contribution in [1.82, 2.24) is 0 Å². The summed E-state index contributed by atoms with van der Waals surface area (Å²) >= 11 is 0. The first-order chi connectivity index (χ1) is 5.65. The van der Waals surface area contributed by atoms with Gasteiger partial charge in [-0.25, -0.2) is 0 Å². The summed E-state index contributed by atoms with van der Waals surface area (Å²) in [6.45, 7) is 3.48. The predicted molar refractivity (Wildman–Crippen MR) is 43.7 cm³/mol. The summed E-state index contributed by atoms with van der Waals surface area (Å²) in [7, 11) is 0. The van der Waals surface area contributed by atoms with Gasteiger partial charge in [0.1, 0.15) is 11.5 Å². The van der Waals surface area contributed by atoms with Crippen LogP contribution in [0.15, 0.2) is 16.5 Å². The van der Waals surface area contributed by atoms with Crippen LogP contribution in [0.25, 0.3) is 0 Å². The molecule has 12 heavy (non-hydrogen) atoms. The summed E-state index contributed by atoms with van der Waals surface area (Å²) < 4.78 is 5.10. The third-order valence-corrected chi connectivity index (χ3v) is 1.68. The highest BCUT2D eigenvalue weighted by atomic mass is 16.4. The Balaban J connectivity index is 2.77. The number of ketones is 1. The lowest BCUT2D eigenvalue weighted by molar-refractivity contribution is -0.127. The second kappa shape index (κ2) is 3.54. The lowest BCUT2D eigenvalue weighted by atomic mass is 10.1. The van der Waals surface area contributed by atoms with Crippen molar-refractivity contribution in [2.75, 3.05) is 0 Å². The molecule has 0 bridgehead atoms. The van der Waals surface area contributed by atoms with Gasteiger partial charge in [-0.1, -0.05) is 6.92 Å². The van der Waals surface area contributed by atoms with Gasteiger partial charge in [0.05, 0.1) is 0 Å². The number of carbonyl (C=O) groups is 1. The van der Waals surface area contributed by atoms with Crippen LogP contribution in [-0.4, -0.2) is 10.9 Å². The van der Waals surface area contributed by atoms with Crippen LogP contribution in [-0.2, 0) is 4.79 Å². The Morgan fingerprint density at radius 2 is 2.33 bits per heavy atom. The van der Waals surface area contributed by atoms with Crippen LogP contribution in [0.4, 0.5) is 0 Å². The van der Waals surface area contributed by atoms with Crippen molar-refractivity contribution in [3.63, 3.8) is 0 Å². The molecule has 1 heterocycles. The fourth-order valence-corrected chi connectivity index (χ4v) is 0.952. The molecule has 1 unspecified atom stereocenters. The Bertz CT molecular complexity index is 275. The molecule has 1 atom stereocenters. The summed E-state index contributed by atoms with van der Waals surface area (Å²) in [6.07, 6.45) is -0.773. The first-order valence-corrected chi connectivity index (χ1v) is 3.92. The fourth-order valence-electron chi connectivity index (χ4n) is 0.952. The van der Waals surface area contributed by atoms with E-state index in [-0.39, 0.29) is 5.78 Å². The molecule has 0 aliphatic carbocycles. The minimum absolute atomic E-state index is 0.218. The van der Waals surface area contributed by atoms with Crippen molar-refractivity contribution in [2.24, 2.45) is 0 Å². The molecule has 1 aromatic rings. The summed E-state index contributed by atoms with van der Waals surface area (Å²) in [5, 5.41) is 9.36. The standard InChI is InChI=1S/C9H12O3/c1-3-7(10)9(11)8-5-4-6(2)12-8/h4-5,9,11H,3H2,1-2H3. The van der Waals surface area contributed by atoms with Crippen LogP contribution in [0, 0.1) is 6.92 Å². The molecule has 0 saturated heterocycles. The third kappa shape index (κ3) is 1.74. The van der Waals surface area contributed by atoms with E-state index in [9.17, 15) is 9.90 Å². The number of Topliss-reactive ketones (excluding diaryl/α,β-unsaturated/α-hetero) is 1. The molecule has 1 N–H and O–H groups in total. The normalized spacial score (nSPS) is 12.9. The molecule has 0 aliphatic heterocycles. The smallest absolute Gasteiger partial charge is 0.170 e. The van der Waals surface area contributed by atoms with E-state index < -0.39 is 6.10 Å². The zero-order chi connectivity index (χ0) is 9.14. The van der Waals surface area contributed by atoms with Crippen molar-refractivity contribution in [3.05, 3.63) is 23.7 Å². The van der Waals surface area contributed by atoms with E-state index in [0.717, 1.165) is 0 Å². The summed E-state index contributed by atoms with van der Waals surface area (Å²) in [5.41, 5.74) is 0. The van der Waals surface area contributed by atoms with Crippen LogP contribution in [0.1, 0.15) is 31.0 Å². The van der Waals surface area contributed by atoms with Gasteiger partial charge in [0.2, 0.25) is 0 Å². The molecule has 66 valence electrons. The number of aliphatic hydroxyl groups is 1. The number of hydrogen-bond acceptors (Lipinski definition) is 3. The average molecular weight is 168 g/mol. The molecule has 0 radical (unpaired) electrons. The molecule has 3 nitrogen and oxygen atoms in total. The number of carbonyl (C=O) groups excluding carboxylic acids is 1. The number of aryl methyl sites for hydroxylation is 1. The van der Waals surface area contributed by atoms with Gasteiger partial charge in [-0.05, 0) is 19.1 Å². The quantitative estimate of drug-likeness (QED) is 0.745. The zero-order valence-corrected chi connectivity index (χ0v) is 7.20. The van der Waals surface area contributed by atoms with E-state index >= 15 is 0 Å². The lowest BCUT2D eigenvalue weighted by Gasteiger charge is -2.03. The highest BCUT2D eigenvalue weighted by molar-refractivity contribution is 5.83. The Morgan fingerprint density at radius 3 is 2.75 bits per heavy atom. The molecule has 1 aromatic heterocycles. The maximum absolute atomic E-state index is 11.0. The maximum Gasteiger partial charge on any atom is 0.170 e. The molecule has 1 rings (SSSR count). The van der Waals surface area contributed by atoms with Gasteiger partial charge >= 0.3 is 0 Å². The second-order valence-corrected chi connectivity index (χ2v) is 2.67. The van der Waals surface area contributed by atoms with Gasteiger partial charge < -0.3 is 9.52 Å². The molecule has 3 heteroatoms. The second-order valence-electron chi connectivity index (χ2n) is 2.67. The summed E-state index contributed by atoms with van der Waals surface area (Å²) in [5.74, 6) is 0.816. The van der Waals surface area contributed by atoms with Crippen LogP contribution >= 0.6 is 0 Å². The van der Waals surface area contributed by atoms with Crippen LogP contribution in [0.2, 0.25) is 0 Å². The average Bonchev–Trinajstić information content (AvgIpc) is 2.49. The van der Waals surface area contributed by atoms with Crippen molar-refractivity contribution in [2.45, 2.75) is 26.4 Å². The predicted octanol–water partition coefficient (Wildman–Crippen LogP) is 1.60. The summed E-state index contributed by atoms with van der Waals surface area (Å²) in [6, 6.07) is 3.34. The number of aliphatic hydroxyl groups excluding tert-OH is 1. The number of furan rings is 1. The fraction of sp³-hybridized carbons (Fsp3) is 0.444. The summed E-state index contributed by atoms with van der Waals surface area (Å²) in [4.78, 5) is 11.0. The molecule has 0 fully saturated rings. The van der Waals surface area contributed by atoms with E-state index in [1.807, 2.05) is 0 Å². The van der Waals surface area contributed by atoms with Gasteiger partial charge in [-0.3, -0.25) is 4.79 Å². The van der Waals surface area contributed by atoms with Gasteiger partial charge in [-0.15, -0.1) is 0 Å². The lowest BCUT2D eigenvalue weighted by Crippen LogP contribution is -2.09. The molecular weight excluding hydrogens is 156 g/mol. The van der Waals surface area contributed by atoms with E-state index in [4.69, 9.17) is 4.42 Å². The molecule has 0 aliphatic rings. The van der Waals surface area contributed by atoms with Gasteiger partial charge in [0, 0.05) is 6.42 Å². The van der Waals surface area contributed by atoms with Gasteiger partial charge in [0.15, 0.2) is 11.9 Å². The van der Waals surface area contributed by atoms with Gasteiger partial charge in [-0.2, -0.15) is 0 Å². The minimum Gasteiger partial charge on any atom is -0.463 e.